The molecular formula is C12H18O2. The Labute approximate surface area is 85.8 Å². The maximum atomic E-state index is 5.28. The van der Waals surface area contributed by atoms with E-state index < -0.39 is 0 Å². The van der Waals surface area contributed by atoms with Gasteiger partial charge in [0.1, 0.15) is 5.75 Å². The highest BCUT2D eigenvalue weighted by molar-refractivity contribution is 5.43. The molecular weight excluding hydrogens is 176 g/mol. The van der Waals surface area contributed by atoms with Crippen molar-refractivity contribution in [3.8, 4) is 5.75 Å². The van der Waals surface area contributed by atoms with E-state index in [1.807, 2.05) is 6.07 Å². The van der Waals surface area contributed by atoms with E-state index in [0.29, 0.717) is 0 Å². The number of benzene rings is 1. The Morgan fingerprint density at radius 1 is 1.14 bits per heavy atom. The Morgan fingerprint density at radius 3 is 2.43 bits per heavy atom. The van der Waals surface area contributed by atoms with E-state index in [-0.39, 0.29) is 0 Å². The van der Waals surface area contributed by atoms with E-state index in [1.165, 1.54) is 16.7 Å². The van der Waals surface area contributed by atoms with Gasteiger partial charge in [-0.15, -0.1) is 0 Å². The van der Waals surface area contributed by atoms with Crippen LogP contribution in [0.2, 0.25) is 0 Å². The second-order valence-electron chi connectivity index (χ2n) is 3.43. The van der Waals surface area contributed by atoms with Gasteiger partial charge >= 0.3 is 0 Å². The largest absolute Gasteiger partial charge is 0.496 e. The van der Waals surface area contributed by atoms with Crippen LogP contribution in [0.4, 0.5) is 0 Å². The third kappa shape index (κ3) is 2.26. The van der Waals surface area contributed by atoms with Crippen molar-refractivity contribution in [1.82, 2.24) is 0 Å². The van der Waals surface area contributed by atoms with E-state index in [4.69, 9.17) is 9.47 Å². The zero-order valence-corrected chi connectivity index (χ0v) is 9.39. The van der Waals surface area contributed by atoms with Crippen molar-refractivity contribution in [3.05, 3.63) is 28.8 Å². The summed E-state index contributed by atoms with van der Waals surface area (Å²) in [5, 5.41) is 0. The highest BCUT2D eigenvalue weighted by Gasteiger charge is 2.06. The molecule has 0 heterocycles. The van der Waals surface area contributed by atoms with Gasteiger partial charge in [-0.25, -0.2) is 0 Å². The van der Waals surface area contributed by atoms with Gasteiger partial charge in [0.15, 0.2) is 0 Å². The summed E-state index contributed by atoms with van der Waals surface area (Å²) in [6.45, 7) is 4.98. The first-order valence-electron chi connectivity index (χ1n) is 4.82. The van der Waals surface area contributed by atoms with Crippen molar-refractivity contribution < 1.29 is 9.47 Å². The quantitative estimate of drug-likeness (QED) is 0.733. The summed E-state index contributed by atoms with van der Waals surface area (Å²) in [7, 11) is 3.43. The maximum absolute atomic E-state index is 5.28. The average Bonchev–Trinajstić information content (AvgIpc) is 2.18. The van der Waals surface area contributed by atoms with Crippen LogP contribution in [-0.4, -0.2) is 20.8 Å². The van der Waals surface area contributed by atoms with Gasteiger partial charge in [-0.2, -0.15) is 0 Å². The summed E-state index contributed by atoms with van der Waals surface area (Å²) < 4.78 is 10.4. The first-order chi connectivity index (χ1) is 6.70. The van der Waals surface area contributed by atoms with Crippen molar-refractivity contribution >= 4 is 0 Å². The molecule has 0 aromatic heterocycles. The van der Waals surface area contributed by atoms with Crippen molar-refractivity contribution in [1.29, 1.82) is 0 Å². The Bertz CT molecular complexity index is 305. The van der Waals surface area contributed by atoms with Crippen molar-refractivity contribution in [2.45, 2.75) is 20.3 Å². The Kier molecular flexibility index (Phi) is 3.96. The molecule has 0 radical (unpaired) electrons. The number of ether oxygens (including phenoxy) is 2. The summed E-state index contributed by atoms with van der Waals surface area (Å²) in [6, 6.07) is 4.11. The number of hydrogen-bond donors (Lipinski definition) is 0. The lowest BCUT2D eigenvalue weighted by molar-refractivity contribution is 0.202. The predicted octanol–water partition coefficient (Wildman–Crippen LogP) is 2.50. The minimum Gasteiger partial charge on any atom is -0.496 e. The fourth-order valence-corrected chi connectivity index (χ4v) is 1.68. The molecule has 0 spiro atoms. The van der Waals surface area contributed by atoms with Gasteiger partial charge in [-0.3, -0.25) is 0 Å². The zero-order chi connectivity index (χ0) is 10.6. The predicted molar refractivity (Wildman–Crippen MR) is 58.0 cm³/mol. The SMILES string of the molecule is COCCc1c(C)ccc(OC)c1C. The van der Waals surface area contributed by atoms with Gasteiger partial charge in [0, 0.05) is 7.11 Å². The highest BCUT2D eigenvalue weighted by atomic mass is 16.5. The first-order valence-corrected chi connectivity index (χ1v) is 4.82. The molecule has 0 aliphatic heterocycles. The molecule has 2 nitrogen and oxygen atoms in total. The molecule has 0 amide bonds. The third-order valence-corrected chi connectivity index (χ3v) is 2.56. The van der Waals surface area contributed by atoms with E-state index in [9.17, 15) is 0 Å². The smallest absolute Gasteiger partial charge is 0.122 e. The van der Waals surface area contributed by atoms with Crippen LogP contribution in [0.1, 0.15) is 16.7 Å². The van der Waals surface area contributed by atoms with Crippen molar-refractivity contribution in [2.75, 3.05) is 20.8 Å². The molecule has 1 rings (SSSR count). The minimum absolute atomic E-state index is 0.759. The Morgan fingerprint density at radius 2 is 1.86 bits per heavy atom. The number of methoxy groups -OCH3 is 2. The topological polar surface area (TPSA) is 18.5 Å². The fourth-order valence-electron chi connectivity index (χ4n) is 1.68. The van der Waals surface area contributed by atoms with Crippen molar-refractivity contribution in [3.63, 3.8) is 0 Å². The molecule has 1 aromatic carbocycles. The number of hydrogen-bond acceptors (Lipinski definition) is 2. The summed E-state index contributed by atoms with van der Waals surface area (Å²) >= 11 is 0. The van der Waals surface area contributed by atoms with E-state index in [0.717, 1.165) is 18.8 Å². The second-order valence-corrected chi connectivity index (χ2v) is 3.43. The van der Waals surface area contributed by atoms with E-state index in [2.05, 4.69) is 19.9 Å². The molecule has 0 bridgehead atoms. The van der Waals surface area contributed by atoms with Crippen LogP contribution < -0.4 is 4.74 Å². The van der Waals surface area contributed by atoms with Crippen LogP contribution in [0.25, 0.3) is 0 Å². The van der Waals surface area contributed by atoms with Crippen LogP contribution in [0.3, 0.4) is 0 Å². The maximum Gasteiger partial charge on any atom is 0.122 e. The molecule has 78 valence electrons. The van der Waals surface area contributed by atoms with Crippen LogP contribution in [-0.2, 0) is 11.2 Å². The molecule has 0 aliphatic carbocycles. The zero-order valence-electron chi connectivity index (χ0n) is 9.39. The molecule has 2 heteroatoms. The second kappa shape index (κ2) is 5.01. The number of rotatable bonds is 4. The Hall–Kier alpha value is -1.02. The highest BCUT2D eigenvalue weighted by Crippen LogP contribution is 2.24. The van der Waals surface area contributed by atoms with Gasteiger partial charge in [0.05, 0.1) is 13.7 Å². The minimum atomic E-state index is 0.759. The van der Waals surface area contributed by atoms with Crippen LogP contribution in [0.5, 0.6) is 5.75 Å². The molecule has 0 aliphatic rings. The van der Waals surface area contributed by atoms with Gasteiger partial charge in [0.2, 0.25) is 0 Å². The third-order valence-electron chi connectivity index (χ3n) is 2.56. The fraction of sp³-hybridized carbons (Fsp3) is 0.500. The first kappa shape index (κ1) is 11.1. The molecule has 0 unspecified atom stereocenters. The van der Waals surface area contributed by atoms with Gasteiger partial charge in [-0.05, 0) is 43.0 Å². The lowest BCUT2D eigenvalue weighted by Crippen LogP contribution is -2.01. The van der Waals surface area contributed by atoms with Gasteiger partial charge < -0.3 is 9.47 Å². The standard InChI is InChI=1S/C12H18O2/c1-9-5-6-12(14-4)10(2)11(9)7-8-13-3/h5-6H,7-8H2,1-4H3. The summed E-state index contributed by atoms with van der Waals surface area (Å²) in [4.78, 5) is 0. The molecule has 0 N–H and O–H groups in total. The van der Waals surface area contributed by atoms with Crippen LogP contribution in [0, 0.1) is 13.8 Å². The van der Waals surface area contributed by atoms with Gasteiger partial charge in [0.25, 0.3) is 0 Å². The normalized spacial score (nSPS) is 10.3. The summed E-state index contributed by atoms with van der Waals surface area (Å²) in [6.07, 6.45) is 0.950. The monoisotopic (exact) mass is 194 g/mol. The molecule has 1 aromatic rings. The number of aryl methyl sites for hydroxylation is 1. The molecule has 14 heavy (non-hydrogen) atoms. The van der Waals surface area contributed by atoms with Crippen LogP contribution in [0.15, 0.2) is 12.1 Å². The lowest BCUT2D eigenvalue weighted by Gasteiger charge is -2.12. The summed E-state index contributed by atoms with van der Waals surface area (Å²) in [5.74, 6) is 0.960. The lowest BCUT2D eigenvalue weighted by atomic mass is 9.99. The van der Waals surface area contributed by atoms with Gasteiger partial charge in [-0.1, -0.05) is 6.07 Å². The van der Waals surface area contributed by atoms with Crippen molar-refractivity contribution in [2.24, 2.45) is 0 Å². The molecule has 0 atom stereocenters. The molecule has 0 saturated heterocycles. The van der Waals surface area contributed by atoms with Crippen LogP contribution >= 0.6 is 0 Å². The average molecular weight is 194 g/mol. The molecule has 0 saturated carbocycles. The van der Waals surface area contributed by atoms with E-state index in [1.54, 1.807) is 14.2 Å². The molecule has 0 fully saturated rings. The Balaban J connectivity index is 2.99. The van der Waals surface area contributed by atoms with E-state index >= 15 is 0 Å². The summed E-state index contributed by atoms with van der Waals surface area (Å²) in [5.41, 5.74) is 3.87.